The van der Waals surface area contributed by atoms with Gasteiger partial charge >= 0.3 is 5.97 Å². The lowest BCUT2D eigenvalue weighted by Gasteiger charge is -2.15. The van der Waals surface area contributed by atoms with Crippen molar-refractivity contribution in [1.82, 2.24) is 0 Å². The number of hydrogen-bond donors (Lipinski definition) is 1. The monoisotopic (exact) mass is 228 g/mol. The zero-order chi connectivity index (χ0) is 12.2. The molecule has 0 unspecified atom stereocenters. The maximum atomic E-state index is 13.5. The molecule has 1 aromatic carbocycles. The minimum atomic E-state index is -3.06. The molecule has 0 aliphatic heterocycles. The maximum Gasteiger partial charge on any atom is 0.303 e. The highest BCUT2D eigenvalue weighted by Crippen LogP contribution is 2.32. The van der Waals surface area contributed by atoms with Crippen LogP contribution in [0.3, 0.4) is 0 Å². The van der Waals surface area contributed by atoms with Gasteiger partial charge in [-0.25, -0.2) is 8.78 Å². The van der Waals surface area contributed by atoms with E-state index < -0.39 is 24.7 Å². The fourth-order valence-corrected chi connectivity index (χ4v) is 1.39. The molecule has 0 radical (unpaired) electrons. The first-order valence-corrected chi connectivity index (χ1v) is 5.14. The van der Waals surface area contributed by atoms with Crippen LogP contribution >= 0.6 is 0 Å². The van der Waals surface area contributed by atoms with Crippen molar-refractivity contribution in [2.75, 3.05) is 0 Å². The van der Waals surface area contributed by atoms with Crippen LogP contribution in [-0.2, 0) is 17.1 Å². The zero-order valence-electron chi connectivity index (χ0n) is 9.04. The summed E-state index contributed by atoms with van der Waals surface area (Å²) in [6.07, 6.45) is -0.392. The van der Waals surface area contributed by atoms with Crippen LogP contribution in [0.1, 0.15) is 30.9 Å². The van der Waals surface area contributed by atoms with Gasteiger partial charge in [0.2, 0.25) is 0 Å². The van der Waals surface area contributed by atoms with Gasteiger partial charge in [0, 0.05) is 12.0 Å². The molecular weight excluding hydrogens is 214 g/mol. The molecule has 0 saturated carbocycles. The third-order valence-electron chi connectivity index (χ3n) is 2.44. The number of halogens is 2. The highest BCUT2D eigenvalue weighted by atomic mass is 19.3. The zero-order valence-corrected chi connectivity index (χ0v) is 9.04. The van der Waals surface area contributed by atoms with Crippen LogP contribution in [0, 0.1) is 0 Å². The van der Waals surface area contributed by atoms with Gasteiger partial charge in [0.25, 0.3) is 5.92 Å². The van der Waals surface area contributed by atoms with Crippen LogP contribution in [0.2, 0.25) is 0 Å². The van der Waals surface area contributed by atoms with Gasteiger partial charge in [0.05, 0.1) is 6.42 Å². The first kappa shape index (κ1) is 12.6. The number of aryl methyl sites for hydroxylation is 1. The van der Waals surface area contributed by atoms with Crippen LogP contribution in [0.15, 0.2) is 24.3 Å². The molecule has 0 aliphatic carbocycles. The van der Waals surface area contributed by atoms with Gasteiger partial charge in [-0.1, -0.05) is 31.2 Å². The van der Waals surface area contributed by atoms with Crippen molar-refractivity contribution in [1.29, 1.82) is 0 Å². The van der Waals surface area contributed by atoms with Crippen molar-refractivity contribution < 1.29 is 18.7 Å². The van der Waals surface area contributed by atoms with Crippen molar-refractivity contribution in [2.24, 2.45) is 0 Å². The molecule has 1 N–H and O–H groups in total. The fraction of sp³-hybridized carbons (Fsp3) is 0.417. The summed E-state index contributed by atoms with van der Waals surface area (Å²) in [6.45, 7) is 1.94. The van der Waals surface area contributed by atoms with E-state index in [-0.39, 0.29) is 5.56 Å². The Hall–Kier alpha value is -1.45. The summed E-state index contributed by atoms with van der Waals surface area (Å²) in [5, 5.41) is 8.37. The largest absolute Gasteiger partial charge is 0.481 e. The average molecular weight is 228 g/mol. The molecule has 1 aromatic rings. The Morgan fingerprint density at radius 3 is 2.31 bits per heavy atom. The number of carbonyl (C=O) groups is 1. The van der Waals surface area contributed by atoms with Gasteiger partial charge in [-0.2, -0.15) is 0 Å². The third kappa shape index (κ3) is 3.29. The molecule has 0 fully saturated rings. The van der Waals surface area contributed by atoms with Crippen LogP contribution < -0.4 is 0 Å². The highest BCUT2D eigenvalue weighted by Gasteiger charge is 2.31. The maximum absolute atomic E-state index is 13.5. The Balaban J connectivity index is 2.76. The Labute approximate surface area is 92.9 Å². The Morgan fingerprint density at radius 2 is 1.88 bits per heavy atom. The standard InChI is InChI=1S/C12H14F2O2/c1-2-9-3-5-10(6-4-9)12(13,14)8-7-11(15)16/h3-6H,2,7-8H2,1H3,(H,15,16). The quantitative estimate of drug-likeness (QED) is 0.840. The molecule has 1 rings (SSSR count). The SMILES string of the molecule is CCc1ccc(C(F)(F)CCC(=O)O)cc1. The van der Waals surface area contributed by atoms with E-state index in [0.29, 0.717) is 0 Å². The predicted molar refractivity (Wildman–Crippen MR) is 56.6 cm³/mol. The second-order valence-electron chi connectivity index (χ2n) is 3.65. The summed E-state index contributed by atoms with van der Waals surface area (Å²) >= 11 is 0. The molecule has 4 heteroatoms. The van der Waals surface area contributed by atoms with E-state index in [9.17, 15) is 13.6 Å². The van der Waals surface area contributed by atoms with E-state index in [1.54, 1.807) is 12.1 Å². The van der Waals surface area contributed by atoms with E-state index in [1.807, 2.05) is 6.92 Å². The molecule has 16 heavy (non-hydrogen) atoms. The summed E-state index contributed by atoms with van der Waals surface area (Å²) in [4.78, 5) is 10.2. The first-order valence-electron chi connectivity index (χ1n) is 5.14. The molecule has 88 valence electrons. The molecule has 0 spiro atoms. The Kier molecular flexibility index (Phi) is 3.99. The van der Waals surface area contributed by atoms with Gasteiger partial charge in [-0.15, -0.1) is 0 Å². The summed E-state index contributed by atoms with van der Waals surface area (Å²) in [6, 6.07) is 6.01. The molecule has 0 aromatic heterocycles. The van der Waals surface area contributed by atoms with Gasteiger partial charge in [0.1, 0.15) is 0 Å². The lowest BCUT2D eigenvalue weighted by atomic mass is 10.0. The fourth-order valence-electron chi connectivity index (χ4n) is 1.39. The third-order valence-corrected chi connectivity index (χ3v) is 2.44. The number of rotatable bonds is 5. The van der Waals surface area contributed by atoms with Gasteiger partial charge < -0.3 is 5.11 Å². The Bertz CT molecular complexity index is 358. The first-order chi connectivity index (χ1) is 7.45. The van der Waals surface area contributed by atoms with Crippen molar-refractivity contribution in [3.05, 3.63) is 35.4 Å². The molecule has 2 nitrogen and oxygen atoms in total. The lowest BCUT2D eigenvalue weighted by molar-refractivity contribution is -0.139. The topological polar surface area (TPSA) is 37.3 Å². The molecule has 0 atom stereocenters. The molecule has 0 bridgehead atoms. The van der Waals surface area contributed by atoms with Crippen LogP contribution in [0.4, 0.5) is 8.78 Å². The van der Waals surface area contributed by atoms with Crippen molar-refractivity contribution in [2.45, 2.75) is 32.1 Å². The lowest BCUT2D eigenvalue weighted by Crippen LogP contribution is -2.15. The van der Waals surface area contributed by atoms with Crippen LogP contribution in [0.5, 0.6) is 0 Å². The Morgan fingerprint density at radius 1 is 1.31 bits per heavy atom. The summed E-state index contributed by atoms with van der Waals surface area (Å²) < 4.78 is 27.0. The van der Waals surface area contributed by atoms with E-state index in [1.165, 1.54) is 12.1 Å². The van der Waals surface area contributed by atoms with Crippen molar-refractivity contribution in [3.63, 3.8) is 0 Å². The molecule has 0 amide bonds. The number of carboxylic acids is 1. The van der Waals surface area contributed by atoms with E-state index in [4.69, 9.17) is 5.11 Å². The van der Waals surface area contributed by atoms with Crippen molar-refractivity contribution >= 4 is 5.97 Å². The molecular formula is C12H14F2O2. The molecule has 0 aliphatic rings. The van der Waals surface area contributed by atoms with Crippen molar-refractivity contribution in [3.8, 4) is 0 Å². The number of alkyl halides is 2. The molecule has 0 heterocycles. The highest BCUT2D eigenvalue weighted by molar-refractivity contribution is 5.66. The van der Waals surface area contributed by atoms with E-state index in [2.05, 4.69) is 0 Å². The normalized spacial score (nSPS) is 11.4. The number of hydrogen-bond acceptors (Lipinski definition) is 1. The van der Waals surface area contributed by atoms with Gasteiger partial charge in [0.15, 0.2) is 0 Å². The van der Waals surface area contributed by atoms with Crippen LogP contribution in [-0.4, -0.2) is 11.1 Å². The predicted octanol–water partition coefficient (Wildman–Crippen LogP) is 3.21. The van der Waals surface area contributed by atoms with Crippen LogP contribution in [0.25, 0.3) is 0 Å². The van der Waals surface area contributed by atoms with E-state index in [0.717, 1.165) is 12.0 Å². The minimum absolute atomic E-state index is 0.119. The minimum Gasteiger partial charge on any atom is -0.481 e. The summed E-state index contributed by atoms with van der Waals surface area (Å²) in [7, 11) is 0. The van der Waals surface area contributed by atoms with Gasteiger partial charge in [-0.3, -0.25) is 4.79 Å². The molecule has 0 saturated heterocycles. The number of carboxylic acid groups (broad SMARTS) is 1. The second kappa shape index (κ2) is 5.05. The summed E-state index contributed by atoms with van der Waals surface area (Å²) in [5.74, 6) is -4.27. The summed E-state index contributed by atoms with van der Waals surface area (Å²) in [5.41, 5.74) is 0.865. The smallest absolute Gasteiger partial charge is 0.303 e. The second-order valence-corrected chi connectivity index (χ2v) is 3.65. The van der Waals surface area contributed by atoms with Gasteiger partial charge in [-0.05, 0) is 12.0 Å². The number of aliphatic carboxylic acids is 1. The average Bonchev–Trinajstić information content (AvgIpc) is 2.27. The van der Waals surface area contributed by atoms with E-state index >= 15 is 0 Å². The number of benzene rings is 1.